The minimum absolute atomic E-state index is 0.353. The van der Waals surface area contributed by atoms with Crippen LogP contribution in [0.3, 0.4) is 0 Å². The van der Waals surface area contributed by atoms with Crippen molar-refractivity contribution in [3.8, 4) is 0 Å². The largest absolute Gasteiger partial charge is 0.525 e. The number of alkyl halides is 6. The Morgan fingerprint density at radius 1 is 1.08 bits per heavy atom. The first-order valence-electron chi connectivity index (χ1n) is 2.50. The molecule has 2 nitrogen and oxygen atoms in total. The van der Waals surface area contributed by atoms with Gasteiger partial charge in [0.15, 0.2) is 0 Å². The quantitative estimate of drug-likeness (QED) is 0.646. The van der Waals surface area contributed by atoms with Crippen LogP contribution in [0.1, 0.15) is 0 Å². The fraction of sp³-hybridized carbons (Fsp3) is 1.00. The molecule has 0 amide bonds. The van der Waals surface area contributed by atoms with Gasteiger partial charge in [0.2, 0.25) is 0 Å². The molecule has 1 unspecified atom stereocenters. The second-order valence-corrected chi connectivity index (χ2v) is 1.65. The van der Waals surface area contributed by atoms with E-state index >= 15 is 0 Å². The Morgan fingerprint density at radius 2 is 1.50 bits per heavy atom. The van der Waals surface area contributed by atoms with E-state index in [9.17, 15) is 26.3 Å². The highest BCUT2D eigenvalue weighted by Crippen LogP contribution is 2.29. The van der Waals surface area contributed by atoms with Crippen LogP contribution in [0.4, 0.5) is 26.3 Å². The number of methoxy groups -OCH3 is 1. The lowest BCUT2D eigenvalue weighted by Gasteiger charge is -2.19. The number of hydrogen-bond donors (Lipinski definition) is 0. The van der Waals surface area contributed by atoms with Crippen molar-refractivity contribution in [2.45, 2.75) is 18.8 Å². The van der Waals surface area contributed by atoms with Crippen molar-refractivity contribution in [2.75, 3.05) is 7.11 Å². The Labute approximate surface area is 63.1 Å². The summed E-state index contributed by atoms with van der Waals surface area (Å²) < 4.78 is 74.4. The van der Waals surface area contributed by atoms with Crippen LogP contribution >= 0.6 is 0 Å². The normalized spacial score (nSPS) is 16.2. The fourth-order valence-corrected chi connectivity index (χ4v) is 0.279. The SMILES string of the molecule is COC(F)(F)C(F)OC(F)(F)F. The lowest BCUT2D eigenvalue weighted by molar-refractivity contribution is -0.420. The molecule has 0 saturated heterocycles. The maximum Gasteiger partial charge on any atom is 0.525 e. The van der Waals surface area contributed by atoms with Crippen LogP contribution in [0.15, 0.2) is 0 Å². The first-order chi connectivity index (χ1) is 5.19. The summed E-state index contributed by atoms with van der Waals surface area (Å²) in [4.78, 5) is 0. The molecule has 0 aliphatic heterocycles. The molecule has 0 bridgehead atoms. The molecule has 0 aromatic carbocycles. The molecular weight excluding hydrogens is 194 g/mol. The predicted molar refractivity (Wildman–Crippen MR) is 24.0 cm³/mol. The highest BCUT2D eigenvalue weighted by atomic mass is 19.4. The molecule has 0 aromatic heterocycles. The third-order valence-electron chi connectivity index (χ3n) is 0.773. The summed E-state index contributed by atoms with van der Waals surface area (Å²) in [5.74, 6) is 0. The standard InChI is InChI=1S/C4H4F6O2/c1-11-3(6,7)2(5)12-4(8,9)10/h2H,1H3. The lowest BCUT2D eigenvalue weighted by Crippen LogP contribution is -2.37. The molecule has 8 heteroatoms. The molecule has 0 saturated carbocycles. The van der Waals surface area contributed by atoms with Gasteiger partial charge in [-0.05, 0) is 0 Å². The molecule has 0 fully saturated rings. The van der Waals surface area contributed by atoms with Crippen LogP contribution in [-0.4, -0.2) is 25.9 Å². The van der Waals surface area contributed by atoms with Crippen LogP contribution in [0.2, 0.25) is 0 Å². The Balaban J connectivity index is 4.13. The van der Waals surface area contributed by atoms with E-state index in [1.807, 2.05) is 0 Å². The third-order valence-corrected chi connectivity index (χ3v) is 0.773. The summed E-state index contributed by atoms with van der Waals surface area (Å²) in [6.07, 6.45) is -13.9. The van der Waals surface area contributed by atoms with Gasteiger partial charge >= 0.3 is 12.5 Å². The van der Waals surface area contributed by atoms with E-state index in [0.29, 0.717) is 7.11 Å². The van der Waals surface area contributed by atoms with Crippen LogP contribution < -0.4 is 0 Å². The van der Waals surface area contributed by atoms with Crippen molar-refractivity contribution in [1.29, 1.82) is 0 Å². The van der Waals surface area contributed by atoms with Gasteiger partial charge in [0, 0.05) is 7.11 Å². The zero-order valence-corrected chi connectivity index (χ0v) is 5.66. The van der Waals surface area contributed by atoms with E-state index in [-0.39, 0.29) is 0 Å². The Bertz CT molecular complexity index is 143. The summed E-state index contributed by atoms with van der Waals surface area (Å²) in [6, 6.07) is 0. The Kier molecular flexibility index (Phi) is 3.34. The van der Waals surface area contributed by atoms with Crippen molar-refractivity contribution in [2.24, 2.45) is 0 Å². The molecule has 74 valence electrons. The van der Waals surface area contributed by atoms with Gasteiger partial charge in [-0.15, -0.1) is 13.2 Å². The van der Waals surface area contributed by atoms with Crippen molar-refractivity contribution in [3.05, 3.63) is 0 Å². The smallest absolute Gasteiger partial charge is 0.320 e. The topological polar surface area (TPSA) is 18.5 Å². The number of hydrogen-bond acceptors (Lipinski definition) is 2. The molecular formula is C4H4F6O2. The van der Waals surface area contributed by atoms with E-state index in [2.05, 4.69) is 9.47 Å². The molecule has 0 heterocycles. The van der Waals surface area contributed by atoms with Gasteiger partial charge in [0.1, 0.15) is 0 Å². The van der Waals surface area contributed by atoms with Gasteiger partial charge in [-0.3, -0.25) is 0 Å². The fourth-order valence-electron chi connectivity index (χ4n) is 0.279. The van der Waals surface area contributed by atoms with Crippen molar-refractivity contribution in [3.63, 3.8) is 0 Å². The van der Waals surface area contributed by atoms with Crippen molar-refractivity contribution in [1.82, 2.24) is 0 Å². The van der Waals surface area contributed by atoms with Crippen molar-refractivity contribution >= 4 is 0 Å². The number of rotatable bonds is 3. The van der Waals surface area contributed by atoms with Gasteiger partial charge in [-0.2, -0.15) is 8.78 Å². The minimum atomic E-state index is -5.46. The maximum atomic E-state index is 11.9. The molecule has 12 heavy (non-hydrogen) atoms. The van der Waals surface area contributed by atoms with Gasteiger partial charge < -0.3 is 4.74 Å². The molecule has 0 aliphatic rings. The molecule has 0 rings (SSSR count). The summed E-state index contributed by atoms with van der Waals surface area (Å²) in [5, 5.41) is 0. The van der Waals surface area contributed by atoms with E-state index < -0.39 is 18.8 Å². The second kappa shape index (κ2) is 3.48. The molecule has 0 N–H and O–H groups in total. The first-order valence-corrected chi connectivity index (χ1v) is 2.50. The van der Waals surface area contributed by atoms with Crippen LogP contribution in [0.25, 0.3) is 0 Å². The Hall–Kier alpha value is -0.500. The lowest BCUT2D eigenvalue weighted by atomic mass is 10.6. The summed E-state index contributed by atoms with van der Waals surface area (Å²) in [5.41, 5.74) is 0. The maximum absolute atomic E-state index is 11.9. The van der Waals surface area contributed by atoms with Crippen molar-refractivity contribution < 1.29 is 35.8 Å². The van der Waals surface area contributed by atoms with E-state index in [1.165, 1.54) is 0 Å². The molecule has 1 atom stereocenters. The third kappa shape index (κ3) is 3.77. The van der Waals surface area contributed by atoms with Crippen LogP contribution in [0.5, 0.6) is 0 Å². The molecule has 0 aromatic rings. The van der Waals surface area contributed by atoms with Gasteiger partial charge in [0.05, 0.1) is 0 Å². The van der Waals surface area contributed by atoms with Crippen LogP contribution in [-0.2, 0) is 9.47 Å². The van der Waals surface area contributed by atoms with E-state index in [4.69, 9.17) is 0 Å². The second-order valence-electron chi connectivity index (χ2n) is 1.65. The average Bonchev–Trinajstić information content (AvgIpc) is 1.84. The molecule has 0 aliphatic carbocycles. The zero-order valence-electron chi connectivity index (χ0n) is 5.66. The van der Waals surface area contributed by atoms with Crippen LogP contribution in [0, 0.1) is 0 Å². The molecule has 0 radical (unpaired) electrons. The number of halogens is 6. The average molecular weight is 198 g/mol. The zero-order chi connectivity index (χ0) is 9.99. The predicted octanol–water partition coefficient (Wildman–Crippen LogP) is 2.06. The summed E-state index contributed by atoms with van der Waals surface area (Å²) in [6.45, 7) is 0. The van der Waals surface area contributed by atoms with E-state index in [0.717, 1.165) is 0 Å². The Morgan fingerprint density at radius 3 is 1.75 bits per heavy atom. The van der Waals surface area contributed by atoms with Gasteiger partial charge in [0.25, 0.3) is 6.36 Å². The molecule has 0 spiro atoms. The van der Waals surface area contributed by atoms with E-state index in [1.54, 1.807) is 0 Å². The first kappa shape index (κ1) is 11.5. The summed E-state index contributed by atoms with van der Waals surface area (Å²) in [7, 11) is 0.353. The van der Waals surface area contributed by atoms with Gasteiger partial charge in [-0.1, -0.05) is 0 Å². The number of ether oxygens (including phenoxy) is 2. The van der Waals surface area contributed by atoms with Gasteiger partial charge in [-0.25, -0.2) is 9.13 Å². The summed E-state index contributed by atoms with van der Waals surface area (Å²) >= 11 is 0. The minimum Gasteiger partial charge on any atom is -0.320 e. The highest BCUT2D eigenvalue weighted by molar-refractivity contribution is 4.56. The highest BCUT2D eigenvalue weighted by Gasteiger charge is 2.48. The monoisotopic (exact) mass is 198 g/mol.